The molecule has 0 aliphatic heterocycles. The molecule has 1 amide bonds. The average molecular weight is 322 g/mol. The summed E-state index contributed by atoms with van der Waals surface area (Å²) in [6.07, 6.45) is 3.66. The lowest BCUT2D eigenvalue weighted by Gasteiger charge is -2.26. The lowest BCUT2D eigenvalue weighted by atomic mass is 9.86. The van der Waals surface area contributed by atoms with Gasteiger partial charge in [0.25, 0.3) is 0 Å². The van der Waals surface area contributed by atoms with Crippen molar-refractivity contribution in [3.63, 3.8) is 0 Å². The Morgan fingerprint density at radius 2 is 1.82 bits per heavy atom. The van der Waals surface area contributed by atoms with E-state index in [4.69, 9.17) is 16.7 Å². The summed E-state index contributed by atoms with van der Waals surface area (Å²) in [4.78, 5) is 23.2. The summed E-state index contributed by atoms with van der Waals surface area (Å²) in [5, 5.41) is 12.8. The van der Waals surface area contributed by atoms with Crippen molar-refractivity contribution in [2.24, 2.45) is 11.8 Å². The van der Waals surface area contributed by atoms with Gasteiger partial charge in [-0.25, -0.2) is 0 Å². The molecule has 1 aromatic rings. The number of carboxylic acid groups (broad SMARTS) is 1. The first-order chi connectivity index (χ1) is 10.6. The maximum atomic E-state index is 12.3. The summed E-state index contributed by atoms with van der Waals surface area (Å²) in [5.74, 6) is -0.638. The van der Waals surface area contributed by atoms with Gasteiger partial charge in [-0.15, -0.1) is 0 Å². The number of rotatable bonds is 4. The van der Waals surface area contributed by atoms with Gasteiger partial charge in [0.05, 0.1) is 5.92 Å². The van der Waals surface area contributed by atoms with E-state index in [-0.39, 0.29) is 29.7 Å². The summed E-state index contributed by atoms with van der Waals surface area (Å²) >= 11 is 6.18. The molecule has 3 rings (SSSR count). The van der Waals surface area contributed by atoms with Gasteiger partial charge in [-0.2, -0.15) is 0 Å². The third kappa shape index (κ3) is 3.27. The van der Waals surface area contributed by atoms with Crippen molar-refractivity contribution in [2.75, 3.05) is 0 Å². The van der Waals surface area contributed by atoms with Crippen LogP contribution in [0.5, 0.6) is 0 Å². The molecule has 22 heavy (non-hydrogen) atoms. The topological polar surface area (TPSA) is 66.4 Å². The molecule has 4 nitrogen and oxygen atoms in total. The molecule has 2 N–H and O–H groups in total. The first-order valence-corrected chi connectivity index (χ1v) is 8.21. The number of amides is 1. The van der Waals surface area contributed by atoms with Crippen LogP contribution in [0, 0.1) is 11.8 Å². The Bertz CT molecular complexity index is 581. The fourth-order valence-corrected chi connectivity index (χ4v) is 3.67. The molecule has 5 heteroatoms. The Morgan fingerprint density at radius 1 is 1.14 bits per heavy atom. The molecule has 1 aromatic carbocycles. The summed E-state index contributed by atoms with van der Waals surface area (Å²) < 4.78 is 0. The molecule has 2 saturated carbocycles. The first-order valence-electron chi connectivity index (χ1n) is 7.84. The van der Waals surface area contributed by atoms with E-state index in [1.807, 2.05) is 24.3 Å². The van der Waals surface area contributed by atoms with Crippen molar-refractivity contribution in [2.45, 2.75) is 44.1 Å². The van der Waals surface area contributed by atoms with Crippen molar-refractivity contribution in [1.29, 1.82) is 0 Å². The number of carbonyl (C=O) groups excluding carboxylic acids is 1. The summed E-state index contributed by atoms with van der Waals surface area (Å²) in [6.45, 7) is 0. The van der Waals surface area contributed by atoms with Crippen LogP contribution in [0.1, 0.15) is 43.6 Å². The summed E-state index contributed by atoms with van der Waals surface area (Å²) in [7, 11) is 0. The normalized spacial score (nSPS) is 30.6. The van der Waals surface area contributed by atoms with Crippen LogP contribution in [-0.2, 0) is 9.59 Å². The van der Waals surface area contributed by atoms with Crippen LogP contribution in [0.25, 0.3) is 0 Å². The molecule has 0 bridgehead atoms. The molecule has 2 unspecified atom stereocenters. The smallest absolute Gasteiger partial charge is 0.306 e. The number of hydrogen-bond donors (Lipinski definition) is 2. The predicted molar refractivity (Wildman–Crippen MR) is 83.8 cm³/mol. The van der Waals surface area contributed by atoms with Gasteiger partial charge < -0.3 is 10.4 Å². The second-order valence-electron chi connectivity index (χ2n) is 6.37. The van der Waals surface area contributed by atoms with Gasteiger partial charge in [-0.05, 0) is 49.7 Å². The average Bonchev–Trinajstić information content (AvgIpc) is 3.28. The van der Waals surface area contributed by atoms with E-state index in [2.05, 4.69) is 5.32 Å². The van der Waals surface area contributed by atoms with Crippen molar-refractivity contribution in [3.05, 3.63) is 34.9 Å². The van der Waals surface area contributed by atoms with Crippen LogP contribution in [0.3, 0.4) is 0 Å². The monoisotopic (exact) mass is 321 g/mol. The Labute approximate surface area is 134 Å². The molecule has 118 valence electrons. The van der Waals surface area contributed by atoms with E-state index in [0.717, 1.165) is 29.8 Å². The molecule has 2 aliphatic carbocycles. The van der Waals surface area contributed by atoms with E-state index in [9.17, 15) is 9.59 Å². The van der Waals surface area contributed by atoms with Crippen LogP contribution in [0.15, 0.2) is 24.3 Å². The molecule has 0 aromatic heterocycles. The maximum Gasteiger partial charge on any atom is 0.306 e. The third-order valence-corrected chi connectivity index (χ3v) is 5.20. The van der Waals surface area contributed by atoms with Gasteiger partial charge in [0.15, 0.2) is 0 Å². The second-order valence-corrected chi connectivity index (χ2v) is 6.77. The van der Waals surface area contributed by atoms with Crippen molar-refractivity contribution >= 4 is 23.5 Å². The van der Waals surface area contributed by atoms with Crippen LogP contribution < -0.4 is 5.32 Å². The number of carboxylic acids is 1. The largest absolute Gasteiger partial charge is 0.481 e. The summed E-state index contributed by atoms with van der Waals surface area (Å²) in [5.41, 5.74) is 1.05. The molecule has 2 aliphatic rings. The van der Waals surface area contributed by atoms with Gasteiger partial charge >= 0.3 is 5.97 Å². The number of halogens is 1. The minimum absolute atomic E-state index is 0.0112. The van der Waals surface area contributed by atoms with Crippen LogP contribution >= 0.6 is 11.6 Å². The highest BCUT2D eigenvalue weighted by Crippen LogP contribution is 2.49. The van der Waals surface area contributed by atoms with Crippen molar-refractivity contribution in [1.82, 2.24) is 5.32 Å². The number of hydrogen-bond acceptors (Lipinski definition) is 2. The zero-order valence-electron chi connectivity index (χ0n) is 12.3. The van der Waals surface area contributed by atoms with Crippen LogP contribution in [-0.4, -0.2) is 23.0 Å². The molecule has 0 heterocycles. The van der Waals surface area contributed by atoms with Gasteiger partial charge in [-0.1, -0.05) is 29.8 Å². The van der Waals surface area contributed by atoms with Gasteiger partial charge in [0, 0.05) is 17.0 Å². The Kier molecular flexibility index (Phi) is 4.39. The Morgan fingerprint density at radius 3 is 2.45 bits per heavy atom. The molecular weight excluding hydrogens is 302 g/mol. The van der Waals surface area contributed by atoms with E-state index in [1.54, 1.807) is 0 Å². The van der Waals surface area contributed by atoms with Crippen LogP contribution in [0.2, 0.25) is 5.02 Å². The Balaban J connectivity index is 1.50. The number of benzene rings is 1. The third-order valence-electron chi connectivity index (χ3n) is 4.85. The fraction of sp³-hybridized carbons (Fsp3) is 0.529. The van der Waals surface area contributed by atoms with E-state index >= 15 is 0 Å². The lowest BCUT2D eigenvalue weighted by Crippen LogP contribution is -2.39. The van der Waals surface area contributed by atoms with E-state index in [0.29, 0.717) is 12.8 Å². The summed E-state index contributed by atoms with van der Waals surface area (Å²) in [6, 6.07) is 7.80. The molecule has 0 saturated heterocycles. The number of carbonyl (C=O) groups is 2. The highest BCUT2D eigenvalue weighted by Gasteiger charge is 2.45. The van der Waals surface area contributed by atoms with Gasteiger partial charge in [0.2, 0.25) is 5.91 Å². The quantitative estimate of drug-likeness (QED) is 0.895. The maximum absolute atomic E-state index is 12.3. The van der Waals surface area contributed by atoms with E-state index in [1.165, 1.54) is 0 Å². The minimum Gasteiger partial charge on any atom is -0.481 e. The van der Waals surface area contributed by atoms with Crippen molar-refractivity contribution in [3.8, 4) is 0 Å². The second kappa shape index (κ2) is 6.29. The zero-order valence-corrected chi connectivity index (χ0v) is 13.1. The molecule has 0 radical (unpaired) electrons. The van der Waals surface area contributed by atoms with Crippen molar-refractivity contribution < 1.29 is 14.7 Å². The van der Waals surface area contributed by atoms with Crippen LogP contribution in [0.4, 0.5) is 0 Å². The standard InChI is InChI=1S/C17H20ClNO3/c18-15-4-2-1-3-12(15)13-9-14(13)16(20)19-11-7-5-10(6-8-11)17(21)22/h1-4,10-11,13-14H,5-9H2,(H,19,20)(H,21,22). The predicted octanol–water partition coefficient (Wildman–Crippen LogP) is 3.20. The highest BCUT2D eigenvalue weighted by molar-refractivity contribution is 6.31. The first kappa shape index (κ1) is 15.3. The van der Waals surface area contributed by atoms with Gasteiger partial charge in [-0.3, -0.25) is 9.59 Å². The molecular formula is C17H20ClNO3. The molecule has 2 fully saturated rings. The molecule has 0 spiro atoms. The lowest BCUT2D eigenvalue weighted by molar-refractivity contribution is -0.142. The SMILES string of the molecule is O=C(O)C1CCC(NC(=O)C2CC2c2ccccc2Cl)CC1. The van der Waals surface area contributed by atoms with Gasteiger partial charge in [0.1, 0.15) is 0 Å². The Hall–Kier alpha value is -1.55. The zero-order chi connectivity index (χ0) is 15.7. The number of nitrogens with one attached hydrogen (secondary N) is 1. The molecule has 2 atom stereocenters. The minimum atomic E-state index is -0.717. The number of aliphatic carboxylic acids is 1. The highest BCUT2D eigenvalue weighted by atomic mass is 35.5. The fourth-order valence-electron chi connectivity index (χ4n) is 3.40. The van der Waals surface area contributed by atoms with E-state index < -0.39 is 5.97 Å².